The third-order valence-electron chi connectivity index (χ3n) is 3.11. The number of hydrogen-bond acceptors (Lipinski definition) is 3. The molecular weight excluding hydrogens is 230 g/mol. The molecule has 98 valence electrons. The number of benzene rings is 1. The van der Waals surface area contributed by atoms with E-state index in [0.29, 0.717) is 26.4 Å². The minimum atomic E-state index is 0.0729. The summed E-state index contributed by atoms with van der Waals surface area (Å²) in [4.78, 5) is 14.3. The van der Waals surface area contributed by atoms with Crippen molar-refractivity contribution in [1.29, 1.82) is 0 Å². The van der Waals surface area contributed by atoms with Crippen LogP contribution in [0.15, 0.2) is 24.3 Å². The molecule has 0 radical (unpaired) electrons. The van der Waals surface area contributed by atoms with Crippen molar-refractivity contribution in [3.8, 4) is 0 Å². The van der Waals surface area contributed by atoms with Crippen LogP contribution in [0.4, 0.5) is 0 Å². The van der Waals surface area contributed by atoms with Crippen molar-refractivity contribution in [2.75, 3.05) is 26.9 Å². The number of ether oxygens (including phenoxy) is 2. The zero-order chi connectivity index (χ0) is 13.0. The van der Waals surface area contributed by atoms with Gasteiger partial charge in [0.2, 0.25) is 0 Å². The molecular formula is C14H19NO3. The number of nitrogens with zero attached hydrogens (tertiary/aromatic N) is 1. The zero-order valence-corrected chi connectivity index (χ0v) is 10.9. The van der Waals surface area contributed by atoms with Crippen LogP contribution in [-0.2, 0) is 16.1 Å². The Bertz CT molecular complexity index is 419. The molecule has 0 saturated carbocycles. The highest BCUT2D eigenvalue weighted by atomic mass is 16.5. The van der Waals surface area contributed by atoms with Crippen molar-refractivity contribution < 1.29 is 14.3 Å². The second-order valence-electron chi connectivity index (χ2n) is 4.56. The van der Waals surface area contributed by atoms with Crippen LogP contribution >= 0.6 is 0 Å². The summed E-state index contributed by atoms with van der Waals surface area (Å²) in [6.07, 6.45) is 0. The Kier molecular flexibility index (Phi) is 4.33. The predicted molar refractivity (Wildman–Crippen MR) is 68.5 cm³/mol. The molecule has 2 rings (SSSR count). The molecule has 1 atom stereocenters. The van der Waals surface area contributed by atoms with Crippen molar-refractivity contribution in [3.05, 3.63) is 35.4 Å². The molecule has 1 aromatic carbocycles. The third-order valence-corrected chi connectivity index (χ3v) is 3.11. The maximum atomic E-state index is 12.4. The Hall–Kier alpha value is -1.39. The van der Waals surface area contributed by atoms with Crippen LogP contribution in [0.1, 0.15) is 22.8 Å². The Labute approximate surface area is 107 Å². The lowest BCUT2D eigenvalue weighted by Crippen LogP contribution is -2.47. The van der Waals surface area contributed by atoms with Gasteiger partial charge in [0, 0.05) is 19.2 Å². The molecule has 1 aliphatic rings. The van der Waals surface area contributed by atoms with Crippen LogP contribution in [0.5, 0.6) is 0 Å². The number of morpholine rings is 1. The molecule has 0 aromatic heterocycles. The van der Waals surface area contributed by atoms with Crippen molar-refractivity contribution in [2.45, 2.75) is 19.6 Å². The second kappa shape index (κ2) is 5.98. The molecule has 0 spiro atoms. The summed E-state index contributed by atoms with van der Waals surface area (Å²) in [5.41, 5.74) is 1.74. The molecule has 1 fully saturated rings. The number of amides is 1. The molecule has 1 heterocycles. The lowest BCUT2D eigenvalue weighted by atomic mass is 10.1. The van der Waals surface area contributed by atoms with E-state index in [2.05, 4.69) is 0 Å². The first-order valence-corrected chi connectivity index (χ1v) is 6.19. The first-order valence-electron chi connectivity index (χ1n) is 6.19. The van der Waals surface area contributed by atoms with Gasteiger partial charge in [-0.25, -0.2) is 0 Å². The molecule has 4 nitrogen and oxygen atoms in total. The van der Waals surface area contributed by atoms with Gasteiger partial charge in [-0.15, -0.1) is 0 Å². The first kappa shape index (κ1) is 13.1. The molecule has 1 aliphatic heterocycles. The summed E-state index contributed by atoms with van der Waals surface area (Å²) < 4.78 is 10.4. The lowest BCUT2D eigenvalue weighted by Gasteiger charge is -2.33. The van der Waals surface area contributed by atoms with E-state index < -0.39 is 0 Å². The van der Waals surface area contributed by atoms with Gasteiger partial charge >= 0.3 is 0 Å². The molecule has 1 saturated heterocycles. The van der Waals surface area contributed by atoms with E-state index in [-0.39, 0.29) is 11.9 Å². The fraction of sp³-hybridized carbons (Fsp3) is 0.500. The topological polar surface area (TPSA) is 38.8 Å². The maximum absolute atomic E-state index is 12.4. The van der Waals surface area contributed by atoms with E-state index in [9.17, 15) is 4.79 Å². The van der Waals surface area contributed by atoms with Crippen molar-refractivity contribution in [1.82, 2.24) is 4.90 Å². The van der Waals surface area contributed by atoms with Crippen molar-refractivity contribution in [2.24, 2.45) is 0 Å². The average molecular weight is 249 g/mol. The Balaban J connectivity index is 2.14. The second-order valence-corrected chi connectivity index (χ2v) is 4.56. The van der Waals surface area contributed by atoms with Crippen molar-refractivity contribution >= 4 is 5.91 Å². The number of hydrogen-bond donors (Lipinski definition) is 0. The molecule has 0 bridgehead atoms. The minimum absolute atomic E-state index is 0.0729. The van der Waals surface area contributed by atoms with E-state index in [1.54, 1.807) is 7.11 Å². The predicted octanol–water partition coefficient (Wildman–Crippen LogP) is 1.69. The van der Waals surface area contributed by atoms with Gasteiger partial charge in [-0.1, -0.05) is 12.1 Å². The SMILES string of the molecule is COCc1cccc(C(=O)N2CCOCC2C)c1. The van der Waals surface area contributed by atoms with Gasteiger partial charge in [-0.05, 0) is 24.6 Å². The van der Waals surface area contributed by atoms with E-state index in [1.807, 2.05) is 36.1 Å². The quantitative estimate of drug-likeness (QED) is 0.818. The minimum Gasteiger partial charge on any atom is -0.380 e. The van der Waals surface area contributed by atoms with Gasteiger partial charge in [0.1, 0.15) is 0 Å². The highest BCUT2D eigenvalue weighted by molar-refractivity contribution is 5.94. The van der Waals surface area contributed by atoms with Gasteiger partial charge in [-0.3, -0.25) is 4.79 Å². The number of methoxy groups -OCH3 is 1. The van der Waals surface area contributed by atoms with Crippen LogP contribution in [0.2, 0.25) is 0 Å². The van der Waals surface area contributed by atoms with Crippen LogP contribution in [0.25, 0.3) is 0 Å². The fourth-order valence-electron chi connectivity index (χ4n) is 2.16. The van der Waals surface area contributed by atoms with E-state index in [4.69, 9.17) is 9.47 Å². The van der Waals surface area contributed by atoms with Gasteiger partial charge in [-0.2, -0.15) is 0 Å². The molecule has 0 aliphatic carbocycles. The monoisotopic (exact) mass is 249 g/mol. The normalized spacial score (nSPS) is 19.9. The van der Waals surface area contributed by atoms with Crippen LogP contribution in [0, 0.1) is 0 Å². The molecule has 1 amide bonds. The number of carbonyl (C=O) groups is 1. The Morgan fingerprint density at radius 1 is 1.56 bits per heavy atom. The summed E-state index contributed by atoms with van der Waals surface area (Å²) >= 11 is 0. The molecule has 0 N–H and O–H groups in total. The Morgan fingerprint density at radius 2 is 2.39 bits per heavy atom. The standard InChI is InChI=1S/C14H19NO3/c1-11-9-18-7-6-15(11)14(16)13-5-3-4-12(8-13)10-17-2/h3-5,8,11H,6-7,9-10H2,1-2H3. The van der Waals surface area contributed by atoms with Gasteiger partial charge in [0.15, 0.2) is 0 Å². The van der Waals surface area contributed by atoms with Crippen LogP contribution < -0.4 is 0 Å². The van der Waals surface area contributed by atoms with Gasteiger partial charge in [0.05, 0.1) is 25.9 Å². The summed E-state index contributed by atoms with van der Waals surface area (Å²) in [6.45, 7) is 4.43. The fourth-order valence-corrected chi connectivity index (χ4v) is 2.16. The number of rotatable bonds is 3. The van der Waals surface area contributed by atoms with Crippen molar-refractivity contribution in [3.63, 3.8) is 0 Å². The van der Waals surface area contributed by atoms with Crippen LogP contribution in [-0.4, -0.2) is 43.7 Å². The average Bonchev–Trinajstić information content (AvgIpc) is 2.39. The van der Waals surface area contributed by atoms with Gasteiger partial charge in [0.25, 0.3) is 5.91 Å². The zero-order valence-electron chi connectivity index (χ0n) is 10.9. The maximum Gasteiger partial charge on any atom is 0.254 e. The van der Waals surface area contributed by atoms with E-state index >= 15 is 0 Å². The lowest BCUT2D eigenvalue weighted by molar-refractivity contribution is 0.00358. The summed E-state index contributed by atoms with van der Waals surface area (Å²) in [5.74, 6) is 0.0729. The number of carbonyl (C=O) groups excluding carboxylic acids is 1. The molecule has 4 heteroatoms. The smallest absolute Gasteiger partial charge is 0.254 e. The first-order chi connectivity index (χ1) is 8.72. The molecule has 1 aromatic rings. The van der Waals surface area contributed by atoms with E-state index in [1.165, 1.54) is 0 Å². The molecule has 18 heavy (non-hydrogen) atoms. The molecule has 1 unspecified atom stereocenters. The Morgan fingerprint density at radius 3 is 3.11 bits per heavy atom. The van der Waals surface area contributed by atoms with E-state index in [0.717, 1.165) is 11.1 Å². The van der Waals surface area contributed by atoms with Crippen LogP contribution in [0.3, 0.4) is 0 Å². The summed E-state index contributed by atoms with van der Waals surface area (Å²) in [5, 5.41) is 0. The summed E-state index contributed by atoms with van der Waals surface area (Å²) in [6, 6.07) is 7.74. The largest absolute Gasteiger partial charge is 0.380 e. The van der Waals surface area contributed by atoms with Gasteiger partial charge < -0.3 is 14.4 Å². The third kappa shape index (κ3) is 2.89. The highest BCUT2D eigenvalue weighted by Gasteiger charge is 2.24. The highest BCUT2D eigenvalue weighted by Crippen LogP contribution is 2.14. The summed E-state index contributed by atoms with van der Waals surface area (Å²) in [7, 11) is 1.65.